The van der Waals surface area contributed by atoms with Gasteiger partial charge >= 0.3 is 0 Å². The molecule has 6 heteroatoms. The average molecular weight is 300 g/mol. The van der Waals surface area contributed by atoms with Gasteiger partial charge in [0.1, 0.15) is 17.4 Å². The standard InChI is InChI=1S/C16H17FN4O/c1-19-3-5-21(6-4-19)15-8-14-12(7-13(15)17)16(22)11(9-18)10-20(14)2/h7-8,10H,3-6H2,1-2H3. The zero-order chi connectivity index (χ0) is 15.9. The van der Waals surface area contributed by atoms with Crippen molar-refractivity contribution in [2.24, 2.45) is 7.05 Å². The number of nitrogens with zero attached hydrogens (tertiary/aromatic N) is 4. The molecule has 0 N–H and O–H groups in total. The number of benzene rings is 1. The highest BCUT2D eigenvalue weighted by Crippen LogP contribution is 2.25. The molecule has 0 bridgehead atoms. The molecule has 0 saturated carbocycles. The van der Waals surface area contributed by atoms with Gasteiger partial charge in [0.25, 0.3) is 0 Å². The molecule has 1 aliphatic rings. The Morgan fingerprint density at radius 2 is 1.86 bits per heavy atom. The predicted molar refractivity (Wildman–Crippen MR) is 83.6 cm³/mol. The molecule has 1 aliphatic heterocycles. The number of piperazine rings is 1. The first-order chi connectivity index (χ1) is 10.5. The van der Waals surface area contributed by atoms with E-state index in [0.29, 0.717) is 11.2 Å². The van der Waals surface area contributed by atoms with Crippen LogP contribution in [0.3, 0.4) is 0 Å². The molecule has 114 valence electrons. The second kappa shape index (κ2) is 5.43. The van der Waals surface area contributed by atoms with E-state index in [2.05, 4.69) is 4.90 Å². The van der Waals surface area contributed by atoms with Crippen molar-refractivity contribution < 1.29 is 4.39 Å². The highest BCUT2D eigenvalue weighted by molar-refractivity contribution is 5.84. The van der Waals surface area contributed by atoms with Crippen molar-refractivity contribution in [3.8, 4) is 6.07 Å². The van der Waals surface area contributed by atoms with E-state index in [4.69, 9.17) is 5.26 Å². The third kappa shape index (κ3) is 2.34. The van der Waals surface area contributed by atoms with Gasteiger partial charge in [-0.2, -0.15) is 5.26 Å². The molecule has 1 aromatic carbocycles. The fourth-order valence-corrected chi connectivity index (χ4v) is 2.86. The first kappa shape index (κ1) is 14.5. The van der Waals surface area contributed by atoms with Crippen LogP contribution in [-0.4, -0.2) is 42.7 Å². The lowest BCUT2D eigenvalue weighted by Gasteiger charge is -2.34. The average Bonchev–Trinajstić information content (AvgIpc) is 2.51. The van der Waals surface area contributed by atoms with Crippen molar-refractivity contribution in [3.63, 3.8) is 0 Å². The van der Waals surface area contributed by atoms with Gasteiger partial charge < -0.3 is 14.4 Å². The molecule has 5 nitrogen and oxygen atoms in total. The fourth-order valence-electron chi connectivity index (χ4n) is 2.86. The maximum absolute atomic E-state index is 14.5. The van der Waals surface area contributed by atoms with Crippen molar-refractivity contribution in [1.29, 1.82) is 5.26 Å². The molecule has 0 radical (unpaired) electrons. The van der Waals surface area contributed by atoms with E-state index < -0.39 is 11.2 Å². The number of nitriles is 1. The summed E-state index contributed by atoms with van der Waals surface area (Å²) in [6, 6.07) is 4.82. The molecule has 2 aromatic rings. The van der Waals surface area contributed by atoms with E-state index in [1.165, 1.54) is 12.3 Å². The molecule has 0 unspecified atom stereocenters. The number of hydrogen-bond acceptors (Lipinski definition) is 4. The number of aryl methyl sites for hydroxylation is 1. The Hall–Kier alpha value is -2.39. The van der Waals surface area contributed by atoms with E-state index in [1.54, 1.807) is 17.7 Å². The summed E-state index contributed by atoms with van der Waals surface area (Å²) < 4.78 is 16.2. The Bertz CT molecular complexity index is 829. The summed E-state index contributed by atoms with van der Waals surface area (Å²) in [5, 5.41) is 9.23. The number of anilines is 1. The van der Waals surface area contributed by atoms with Crippen molar-refractivity contribution in [3.05, 3.63) is 39.9 Å². The van der Waals surface area contributed by atoms with Gasteiger partial charge in [0.05, 0.1) is 16.6 Å². The summed E-state index contributed by atoms with van der Waals surface area (Å²) in [7, 11) is 3.80. The van der Waals surface area contributed by atoms with Gasteiger partial charge in [-0.3, -0.25) is 4.79 Å². The molecular formula is C16H17FN4O. The Morgan fingerprint density at radius 3 is 2.50 bits per heavy atom. The number of pyridine rings is 1. The molecule has 2 heterocycles. The summed E-state index contributed by atoms with van der Waals surface area (Å²) in [5.74, 6) is -0.413. The summed E-state index contributed by atoms with van der Waals surface area (Å²) in [6.45, 7) is 3.26. The molecule has 0 aliphatic carbocycles. The number of hydrogen-bond donors (Lipinski definition) is 0. The minimum atomic E-state index is -0.417. The number of aromatic nitrogens is 1. The highest BCUT2D eigenvalue weighted by Gasteiger charge is 2.19. The van der Waals surface area contributed by atoms with Crippen LogP contribution in [0, 0.1) is 17.1 Å². The largest absolute Gasteiger partial charge is 0.367 e. The predicted octanol–water partition coefficient (Wildman–Crippen LogP) is 1.30. The first-order valence-electron chi connectivity index (χ1n) is 7.17. The Balaban J connectivity index is 2.15. The summed E-state index contributed by atoms with van der Waals surface area (Å²) >= 11 is 0. The SMILES string of the molecule is CN1CCN(c2cc3c(cc2F)c(=O)c(C#N)cn3C)CC1. The molecule has 0 amide bonds. The molecule has 1 aromatic heterocycles. The number of likely N-dealkylation sites (N-methyl/N-ethyl adjacent to an activating group) is 1. The van der Waals surface area contributed by atoms with E-state index in [0.717, 1.165) is 26.2 Å². The Labute approximate surface area is 127 Å². The van der Waals surface area contributed by atoms with Crippen molar-refractivity contribution in [2.75, 3.05) is 38.1 Å². The first-order valence-corrected chi connectivity index (χ1v) is 7.17. The Morgan fingerprint density at radius 1 is 1.18 bits per heavy atom. The summed E-state index contributed by atoms with van der Waals surface area (Å²) in [6.07, 6.45) is 1.50. The molecule has 1 saturated heterocycles. The summed E-state index contributed by atoms with van der Waals surface area (Å²) in [4.78, 5) is 16.4. The van der Waals surface area contributed by atoms with Gasteiger partial charge in [-0.15, -0.1) is 0 Å². The topological polar surface area (TPSA) is 52.3 Å². The van der Waals surface area contributed by atoms with Gasteiger partial charge in [0.15, 0.2) is 0 Å². The maximum Gasteiger partial charge on any atom is 0.207 e. The normalized spacial score (nSPS) is 16.0. The highest BCUT2D eigenvalue weighted by atomic mass is 19.1. The number of fused-ring (bicyclic) bond motifs is 1. The van der Waals surface area contributed by atoms with Crippen molar-refractivity contribution in [1.82, 2.24) is 9.47 Å². The van der Waals surface area contributed by atoms with Crippen LogP contribution in [0.1, 0.15) is 5.56 Å². The van der Waals surface area contributed by atoms with E-state index in [9.17, 15) is 9.18 Å². The zero-order valence-electron chi connectivity index (χ0n) is 12.6. The summed E-state index contributed by atoms with van der Waals surface area (Å²) in [5.41, 5.74) is 0.765. The van der Waals surface area contributed by atoms with Crippen LogP contribution >= 0.6 is 0 Å². The molecule has 0 spiro atoms. The molecular weight excluding hydrogens is 283 g/mol. The van der Waals surface area contributed by atoms with Crippen LogP contribution in [0.25, 0.3) is 10.9 Å². The van der Waals surface area contributed by atoms with E-state index in [-0.39, 0.29) is 10.9 Å². The van der Waals surface area contributed by atoms with Crippen LogP contribution in [0.2, 0.25) is 0 Å². The minimum absolute atomic E-state index is 0.0294. The quantitative estimate of drug-likeness (QED) is 0.796. The molecule has 1 fully saturated rings. The second-order valence-electron chi connectivity index (χ2n) is 5.71. The maximum atomic E-state index is 14.5. The van der Waals surface area contributed by atoms with Crippen LogP contribution in [0.15, 0.2) is 23.1 Å². The van der Waals surface area contributed by atoms with Crippen LogP contribution in [0.5, 0.6) is 0 Å². The van der Waals surface area contributed by atoms with E-state index >= 15 is 0 Å². The molecule has 0 atom stereocenters. The third-order valence-electron chi connectivity index (χ3n) is 4.22. The van der Waals surface area contributed by atoms with E-state index in [1.807, 2.05) is 18.0 Å². The van der Waals surface area contributed by atoms with Crippen LogP contribution < -0.4 is 10.3 Å². The van der Waals surface area contributed by atoms with Crippen molar-refractivity contribution >= 4 is 16.6 Å². The fraction of sp³-hybridized carbons (Fsp3) is 0.375. The van der Waals surface area contributed by atoms with Gasteiger partial charge in [0.2, 0.25) is 5.43 Å². The Kier molecular flexibility index (Phi) is 3.59. The number of rotatable bonds is 1. The monoisotopic (exact) mass is 300 g/mol. The van der Waals surface area contributed by atoms with Gasteiger partial charge in [-0.1, -0.05) is 0 Å². The lowest BCUT2D eigenvalue weighted by atomic mass is 10.1. The van der Waals surface area contributed by atoms with Crippen LogP contribution in [-0.2, 0) is 7.05 Å². The van der Waals surface area contributed by atoms with Gasteiger partial charge in [0, 0.05) is 39.4 Å². The third-order valence-corrected chi connectivity index (χ3v) is 4.22. The smallest absolute Gasteiger partial charge is 0.207 e. The van der Waals surface area contributed by atoms with Gasteiger partial charge in [-0.25, -0.2) is 4.39 Å². The number of halogens is 1. The van der Waals surface area contributed by atoms with Crippen molar-refractivity contribution in [2.45, 2.75) is 0 Å². The minimum Gasteiger partial charge on any atom is -0.367 e. The lowest BCUT2D eigenvalue weighted by Crippen LogP contribution is -2.44. The lowest BCUT2D eigenvalue weighted by molar-refractivity contribution is 0.312. The van der Waals surface area contributed by atoms with Gasteiger partial charge in [-0.05, 0) is 19.2 Å². The second-order valence-corrected chi connectivity index (χ2v) is 5.71. The molecule has 3 rings (SSSR count). The van der Waals surface area contributed by atoms with Crippen LogP contribution in [0.4, 0.5) is 10.1 Å². The molecule has 22 heavy (non-hydrogen) atoms. The zero-order valence-corrected chi connectivity index (χ0v) is 12.6.